The van der Waals surface area contributed by atoms with E-state index in [-0.39, 0.29) is 6.04 Å². The number of aromatic nitrogens is 2. The molecule has 4 rings (SSSR count). The first-order valence-corrected chi connectivity index (χ1v) is 7.93. The van der Waals surface area contributed by atoms with Crippen molar-refractivity contribution in [1.29, 1.82) is 0 Å². The van der Waals surface area contributed by atoms with Gasteiger partial charge in [0.15, 0.2) is 11.6 Å². The van der Waals surface area contributed by atoms with Gasteiger partial charge in [-0.15, -0.1) is 0 Å². The molecule has 0 aliphatic rings. The highest BCUT2D eigenvalue weighted by atomic mass is 16.3. The van der Waals surface area contributed by atoms with E-state index in [4.69, 9.17) is 9.40 Å². The number of benzene rings is 2. The normalized spacial score (nSPS) is 12.2. The van der Waals surface area contributed by atoms with Gasteiger partial charge in [-0.2, -0.15) is 0 Å². The van der Waals surface area contributed by atoms with Crippen LogP contribution < -0.4 is 5.32 Å². The van der Waals surface area contributed by atoms with Gasteiger partial charge in [-0.05, 0) is 36.8 Å². The number of hydrogen-bond acceptors (Lipinski definition) is 4. The molecule has 2 heterocycles. The van der Waals surface area contributed by atoms with Gasteiger partial charge in [0.05, 0.1) is 11.8 Å². The second kappa shape index (κ2) is 6.16. The van der Waals surface area contributed by atoms with Gasteiger partial charge in [0.25, 0.3) is 0 Å². The van der Waals surface area contributed by atoms with Crippen molar-refractivity contribution in [3.8, 4) is 11.6 Å². The van der Waals surface area contributed by atoms with E-state index < -0.39 is 0 Å². The van der Waals surface area contributed by atoms with E-state index in [1.54, 1.807) is 6.26 Å². The zero-order valence-electron chi connectivity index (χ0n) is 13.3. The molecule has 0 radical (unpaired) electrons. The Hall–Kier alpha value is -3.14. The minimum Gasteiger partial charge on any atom is -0.461 e. The number of nitrogens with one attached hydrogen (secondary N) is 1. The summed E-state index contributed by atoms with van der Waals surface area (Å²) < 4.78 is 5.46. The summed E-state index contributed by atoms with van der Waals surface area (Å²) in [7, 11) is 0. The zero-order valence-corrected chi connectivity index (χ0v) is 13.3. The Morgan fingerprint density at radius 1 is 0.875 bits per heavy atom. The molecule has 2 aromatic heterocycles. The van der Waals surface area contributed by atoms with Gasteiger partial charge in [0, 0.05) is 11.4 Å². The Morgan fingerprint density at radius 2 is 1.67 bits per heavy atom. The van der Waals surface area contributed by atoms with E-state index in [1.807, 2.05) is 54.6 Å². The first-order valence-electron chi connectivity index (χ1n) is 7.93. The average molecular weight is 315 g/mol. The Morgan fingerprint density at radius 3 is 2.46 bits per heavy atom. The highest BCUT2D eigenvalue weighted by molar-refractivity contribution is 5.90. The maximum atomic E-state index is 5.46. The Bertz CT molecular complexity index is 949. The van der Waals surface area contributed by atoms with E-state index in [0.717, 1.165) is 16.7 Å². The highest BCUT2D eigenvalue weighted by Gasteiger charge is 2.13. The molecule has 0 aliphatic carbocycles. The van der Waals surface area contributed by atoms with Crippen LogP contribution in [0.1, 0.15) is 18.5 Å². The topological polar surface area (TPSA) is 51.0 Å². The number of rotatable bonds is 4. The second-order valence-corrected chi connectivity index (χ2v) is 5.67. The van der Waals surface area contributed by atoms with Gasteiger partial charge in [0.1, 0.15) is 5.82 Å². The predicted octanol–water partition coefficient (Wildman–Crippen LogP) is 5.06. The standard InChI is InChI=1S/C20H17N3O/c1-14(15-8-3-2-4-9-15)21-19-16-10-5-6-11-17(16)22-20(23-19)18-12-7-13-24-18/h2-14H,1H3,(H,21,22,23). The average Bonchev–Trinajstić information content (AvgIpc) is 3.17. The number of para-hydroxylation sites is 1. The van der Waals surface area contributed by atoms with Crippen LogP contribution in [0.15, 0.2) is 77.4 Å². The molecule has 4 aromatic rings. The van der Waals surface area contributed by atoms with Crippen LogP contribution in [0.2, 0.25) is 0 Å². The van der Waals surface area contributed by atoms with Crippen molar-refractivity contribution >= 4 is 16.7 Å². The van der Waals surface area contributed by atoms with E-state index in [9.17, 15) is 0 Å². The molecule has 0 spiro atoms. The number of fused-ring (bicyclic) bond motifs is 1. The van der Waals surface area contributed by atoms with E-state index in [2.05, 4.69) is 29.4 Å². The van der Waals surface area contributed by atoms with Gasteiger partial charge >= 0.3 is 0 Å². The third-order valence-electron chi connectivity index (χ3n) is 4.00. The summed E-state index contributed by atoms with van der Waals surface area (Å²) in [5.74, 6) is 2.06. The summed E-state index contributed by atoms with van der Waals surface area (Å²) in [6, 6.07) is 22.1. The molecule has 0 fully saturated rings. The number of furan rings is 1. The number of anilines is 1. The molecule has 118 valence electrons. The first-order chi connectivity index (χ1) is 11.8. The summed E-state index contributed by atoms with van der Waals surface area (Å²) in [6.07, 6.45) is 1.63. The van der Waals surface area contributed by atoms with Crippen LogP contribution in [0, 0.1) is 0 Å². The van der Waals surface area contributed by atoms with E-state index in [1.165, 1.54) is 5.56 Å². The first kappa shape index (κ1) is 14.5. The second-order valence-electron chi connectivity index (χ2n) is 5.67. The molecule has 0 bridgehead atoms. The van der Waals surface area contributed by atoms with Gasteiger partial charge in [-0.25, -0.2) is 9.97 Å². The molecule has 0 saturated heterocycles. The molecule has 0 aliphatic heterocycles. The molecule has 1 unspecified atom stereocenters. The van der Waals surface area contributed by atoms with E-state index in [0.29, 0.717) is 11.6 Å². The lowest BCUT2D eigenvalue weighted by molar-refractivity contribution is 0.577. The van der Waals surface area contributed by atoms with Gasteiger partial charge in [-0.3, -0.25) is 0 Å². The van der Waals surface area contributed by atoms with Crippen LogP contribution in [0.25, 0.3) is 22.5 Å². The lowest BCUT2D eigenvalue weighted by Crippen LogP contribution is -2.09. The minimum atomic E-state index is 0.133. The maximum absolute atomic E-state index is 5.46. The highest BCUT2D eigenvalue weighted by Crippen LogP contribution is 2.27. The fraction of sp³-hybridized carbons (Fsp3) is 0.100. The fourth-order valence-electron chi connectivity index (χ4n) is 2.73. The molecule has 0 saturated carbocycles. The molecule has 4 heteroatoms. The predicted molar refractivity (Wildman–Crippen MR) is 95.7 cm³/mol. The van der Waals surface area contributed by atoms with Crippen LogP contribution in [0.4, 0.5) is 5.82 Å². The SMILES string of the molecule is CC(Nc1nc(-c2ccco2)nc2ccccc12)c1ccccc1. The Balaban J connectivity index is 1.78. The summed E-state index contributed by atoms with van der Waals surface area (Å²) in [5.41, 5.74) is 2.10. The van der Waals surface area contributed by atoms with E-state index >= 15 is 0 Å². The monoisotopic (exact) mass is 315 g/mol. The fourth-order valence-corrected chi connectivity index (χ4v) is 2.73. The van der Waals surface area contributed by atoms with Crippen molar-refractivity contribution in [3.05, 3.63) is 78.6 Å². The molecule has 0 amide bonds. The Labute approximate surface area is 140 Å². The molecule has 1 atom stereocenters. The molecule has 2 aromatic carbocycles. The summed E-state index contributed by atoms with van der Waals surface area (Å²) in [4.78, 5) is 9.31. The lowest BCUT2D eigenvalue weighted by Gasteiger charge is -2.17. The van der Waals surface area contributed by atoms with Crippen molar-refractivity contribution in [3.63, 3.8) is 0 Å². The summed E-state index contributed by atoms with van der Waals surface area (Å²) in [5, 5.41) is 4.51. The van der Waals surface area contributed by atoms with Gasteiger partial charge in [0.2, 0.25) is 0 Å². The molecular formula is C20H17N3O. The Kier molecular flexibility index (Phi) is 3.71. The molecular weight excluding hydrogens is 298 g/mol. The summed E-state index contributed by atoms with van der Waals surface area (Å²) >= 11 is 0. The molecule has 24 heavy (non-hydrogen) atoms. The van der Waals surface area contributed by atoms with Crippen LogP contribution in [-0.2, 0) is 0 Å². The zero-order chi connectivity index (χ0) is 16.4. The lowest BCUT2D eigenvalue weighted by atomic mass is 10.1. The number of hydrogen-bond donors (Lipinski definition) is 1. The van der Waals surface area contributed by atoms with Crippen LogP contribution in [0.3, 0.4) is 0 Å². The van der Waals surface area contributed by atoms with Crippen molar-refractivity contribution in [2.75, 3.05) is 5.32 Å². The maximum Gasteiger partial charge on any atom is 0.198 e. The van der Waals surface area contributed by atoms with Crippen molar-refractivity contribution in [2.45, 2.75) is 13.0 Å². The molecule has 4 nitrogen and oxygen atoms in total. The largest absolute Gasteiger partial charge is 0.461 e. The van der Waals surface area contributed by atoms with Crippen molar-refractivity contribution in [1.82, 2.24) is 9.97 Å². The minimum absolute atomic E-state index is 0.133. The van der Waals surface area contributed by atoms with Crippen molar-refractivity contribution < 1.29 is 4.42 Å². The third kappa shape index (κ3) is 2.74. The smallest absolute Gasteiger partial charge is 0.198 e. The van der Waals surface area contributed by atoms with Crippen LogP contribution >= 0.6 is 0 Å². The quantitative estimate of drug-likeness (QED) is 0.571. The van der Waals surface area contributed by atoms with Crippen molar-refractivity contribution in [2.24, 2.45) is 0 Å². The molecule has 1 N–H and O–H groups in total. The van der Waals surface area contributed by atoms with Gasteiger partial charge in [-0.1, -0.05) is 42.5 Å². The van der Waals surface area contributed by atoms with Crippen LogP contribution in [0.5, 0.6) is 0 Å². The number of nitrogens with zero attached hydrogens (tertiary/aromatic N) is 2. The van der Waals surface area contributed by atoms with Gasteiger partial charge < -0.3 is 9.73 Å². The van der Waals surface area contributed by atoms with Crippen LogP contribution in [-0.4, -0.2) is 9.97 Å². The third-order valence-corrected chi connectivity index (χ3v) is 4.00. The summed E-state index contributed by atoms with van der Waals surface area (Å²) in [6.45, 7) is 2.12.